The maximum Gasteiger partial charge on any atom is 0.354 e. The van der Waals surface area contributed by atoms with Crippen LogP contribution >= 0.6 is 0 Å². The Balaban J connectivity index is 2.49. The van der Waals surface area contributed by atoms with Crippen LogP contribution in [0.4, 0.5) is 5.69 Å². The van der Waals surface area contributed by atoms with Gasteiger partial charge in [0.1, 0.15) is 10.6 Å². The molecule has 0 aliphatic heterocycles. The summed E-state index contributed by atoms with van der Waals surface area (Å²) >= 11 is 0. The minimum atomic E-state index is -3.81. The molecule has 0 atom stereocenters. The fourth-order valence-corrected chi connectivity index (χ4v) is 3.72. The molecule has 1 aromatic heterocycles. The van der Waals surface area contributed by atoms with E-state index in [1.165, 1.54) is 17.7 Å². The average Bonchev–Trinajstić information content (AvgIpc) is 2.80. The number of benzene rings is 1. The van der Waals surface area contributed by atoms with E-state index in [4.69, 9.17) is 0 Å². The number of esters is 1. The second-order valence-corrected chi connectivity index (χ2v) is 7.03. The number of sulfonamides is 1. The van der Waals surface area contributed by atoms with Crippen LogP contribution in [0.3, 0.4) is 0 Å². The van der Waals surface area contributed by atoms with Gasteiger partial charge in [-0.25, -0.2) is 13.2 Å². The number of carbonyl (C=O) groups excluding carboxylic acids is 1. The smallest absolute Gasteiger partial charge is 0.354 e. The molecule has 0 radical (unpaired) electrons. The number of anilines is 1. The predicted octanol–water partition coefficient (Wildman–Crippen LogP) is 2.54. The van der Waals surface area contributed by atoms with E-state index in [1.807, 2.05) is 19.9 Å². The van der Waals surface area contributed by atoms with Crippen LogP contribution in [-0.2, 0) is 21.8 Å². The maximum atomic E-state index is 12.7. The monoisotopic (exact) mass is 336 g/mol. The van der Waals surface area contributed by atoms with Crippen molar-refractivity contribution in [3.05, 3.63) is 46.8 Å². The fraction of sp³-hybridized carbons (Fsp3) is 0.312. The zero-order valence-corrected chi connectivity index (χ0v) is 14.6. The van der Waals surface area contributed by atoms with E-state index in [9.17, 15) is 13.2 Å². The molecule has 124 valence electrons. The van der Waals surface area contributed by atoms with Crippen molar-refractivity contribution in [3.63, 3.8) is 0 Å². The van der Waals surface area contributed by atoms with E-state index in [0.29, 0.717) is 11.4 Å². The van der Waals surface area contributed by atoms with Crippen LogP contribution in [0.2, 0.25) is 0 Å². The second-order valence-electron chi connectivity index (χ2n) is 5.38. The zero-order chi connectivity index (χ0) is 17.4. The molecule has 1 heterocycles. The summed E-state index contributed by atoms with van der Waals surface area (Å²) in [5, 5.41) is 0. The molecule has 0 fully saturated rings. The van der Waals surface area contributed by atoms with Crippen molar-refractivity contribution in [2.75, 3.05) is 11.8 Å². The van der Waals surface area contributed by atoms with Gasteiger partial charge in [-0.1, -0.05) is 12.1 Å². The molecule has 0 unspecified atom stereocenters. The Morgan fingerprint density at radius 3 is 2.48 bits per heavy atom. The molecular formula is C16H20N2O4S. The van der Waals surface area contributed by atoms with Gasteiger partial charge in [0.25, 0.3) is 10.0 Å². The van der Waals surface area contributed by atoms with Crippen molar-refractivity contribution in [2.24, 2.45) is 7.05 Å². The maximum absolute atomic E-state index is 12.7. The number of carbonyl (C=O) groups is 1. The average molecular weight is 336 g/mol. The van der Waals surface area contributed by atoms with Gasteiger partial charge in [-0.2, -0.15) is 0 Å². The minimum absolute atomic E-state index is 0.0568. The highest BCUT2D eigenvalue weighted by Crippen LogP contribution is 2.25. The largest absolute Gasteiger partial charge is 0.464 e. The lowest BCUT2D eigenvalue weighted by molar-refractivity contribution is 0.0589. The molecule has 23 heavy (non-hydrogen) atoms. The lowest BCUT2D eigenvalue weighted by Crippen LogP contribution is -2.14. The van der Waals surface area contributed by atoms with Crippen molar-refractivity contribution < 1.29 is 17.9 Å². The Kier molecular flexibility index (Phi) is 4.51. The van der Waals surface area contributed by atoms with E-state index in [1.54, 1.807) is 26.1 Å². The van der Waals surface area contributed by atoms with E-state index in [0.717, 1.165) is 11.1 Å². The second kappa shape index (κ2) is 6.08. The first-order valence-corrected chi connectivity index (χ1v) is 8.51. The molecule has 0 aliphatic carbocycles. The molecule has 0 spiro atoms. The zero-order valence-electron chi connectivity index (χ0n) is 13.8. The quantitative estimate of drug-likeness (QED) is 0.871. The van der Waals surface area contributed by atoms with Gasteiger partial charge < -0.3 is 9.30 Å². The summed E-state index contributed by atoms with van der Waals surface area (Å²) in [6.07, 6.45) is 0. The van der Waals surface area contributed by atoms with Crippen LogP contribution in [0, 0.1) is 20.8 Å². The number of rotatable bonds is 4. The lowest BCUT2D eigenvalue weighted by Gasteiger charge is -2.12. The third-order valence-electron chi connectivity index (χ3n) is 4.02. The third-order valence-corrected chi connectivity index (χ3v) is 5.50. The first-order chi connectivity index (χ1) is 10.7. The molecule has 0 saturated carbocycles. The summed E-state index contributed by atoms with van der Waals surface area (Å²) in [5.74, 6) is -0.580. The molecule has 0 aliphatic rings. The molecule has 0 saturated heterocycles. The van der Waals surface area contributed by atoms with E-state index < -0.39 is 16.0 Å². The number of methoxy groups -OCH3 is 1. The number of nitrogens with one attached hydrogen (secondary N) is 1. The van der Waals surface area contributed by atoms with Gasteiger partial charge >= 0.3 is 5.97 Å². The van der Waals surface area contributed by atoms with Crippen molar-refractivity contribution >= 4 is 21.7 Å². The molecule has 2 rings (SSSR count). The highest BCUT2D eigenvalue weighted by atomic mass is 32.2. The van der Waals surface area contributed by atoms with E-state index in [2.05, 4.69) is 9.46 Å². The number of nitrogens with zero attached hydrogens (tertiary/aromatic N) is 1. The van der Waals surface area contributed by atoms with Crippen LogP contribution in [0.15, 0.2) is 29.2 Å². The van der Waals surface area contributed by atoms with Crippen LogP contribution in [0.1, 0.15) is 27.3 Å². The lowest BCUT2D eigenvalue weighted by atomic mass is 10.1. The van der Waals surface area contributed by atoms with Gasteiger partial charge in [-0.3, -0.25) is 4.72 Å². The highest BCUT2D eigenvalue weighted by Gasteiger charge is 2.25. The van der Waals surface area contributed by atoms with Crippen molar-refractivity contribution in [3.8, 4) is 0 Å². The summed E-state index contributed by atoms with van der Waals surface area (Å²) in [5.41, 5.74) is 3.02. The Hall–Kier alpha value is -2.28. The van der Waals surface area contributed by atoms with Crippen LogP contribution in [-0.4, -0.2) is 26.1 Å². The molecule has 6 nitrogen and oxygen atoms in total. The minimum Gasteiger partial charge on any atom is -0.464 e. The molecular weight excluding hydrogens is 316 g/mol. The van der Waals surface area contributed by atoms with Gasteiger partial charge in [0, 0.05) is 12.7 Å². The number of ether oxygens (including phenoxy) is 1. The molecule has 7 heteroatoms. The van der Waals surface area contributed by atoms with E-state index >= 15 is 0 Å². The van der Waals surface area contributed by atoms with Crippen molar-refractivity contribution in [1.29, 1.82) is 0 Å². The summed E-state index contributed by atoms with van der Waals surface area (Å²) < 4.78 is 34.1. The molecule has 2 aromatic rings. The Morgan fingerprint density at radius 1 is 1.22 bits per heavy atom. The van der Waals surface area contributed by atoms with Crippen molar-refractivity contribution in [2.45, 2.75) is 25.7 Å². The summed E-state index contributed by atoms with van der Waals surface area (Å²) in [7, 11) is -0.925. The first-order valence-electron chi connectivity index (χ1n) is 7.02. The molecule has 0 bridgehead atoms. The third kappa shape index (κ3) is 3.10. The standard InChI is InChI=1S/C16H20N2O4S/c1-10-7-6-8-13(11(10)2)17-23(20,21)15-9-14(16(19)22-5)18(4)12(15)3/h6-9,17H,1-5H3. The number of hydrogen-bond acceptors (Lipinski definition) is 4. The van der Waals surface area contributed by atoms with Crippen molar-refractivity contribution in [1.82, 2.24) is 4.57 Å². The van der Waals surface area contributed by atoms with Gasteiger partial charge in [-0.05, 0) is 44.0 Å². The number of hydrogen-bond donors (Lipinski definition) is 1. The predicted molar refractivity (Wildman–Crippen MR) is 88.2 cm³/mol. The number of aromatic nitrogens is 1. The van der Waals surface area contributed by atoms with E-state index in [-0.39, 0.29) is 10.6 Å². The van der Waals surface area contributed by atoms with Gasteiger partial charge in [0.15, 0.2) is 0 Å². The van der Waals surface area contributed by atoms with Gasteiger partial charge in [-0.15, -0.1) is 0 Å². The molecule has 1 aromatic carbocycles. The molecule has 1 N–H and O–H groups in total. The summed E-state index contributed by atoms with van der Waals surface area (Å²) in [6, 6.07) is 6.74. The van der Waals surface area contributed by atoms with Crippen LogP contribution in [0.5, 0.6) is 0 Å². The summed E-state index contributed by atoms with van der Waals surface area (Å²) in [4.78, 5) is 11.8. The summed E-state index contributed by atoms with van der Waals surface area (Å²) in [6.45, 7) is 5.41. The van der Waals surface area contributed by atoms with Gasteiger partial charge in [0.2, 0.25) is 0 Å². The SMILES string of the molecule is COC(=O)c1cc(S(=O)(=O)Nc2cccc(C)c2C)c(C)n1C. The van der Waals surface area contributed by atoms with Gasteiger partial charge in [0.05, 0.1) is 12.8 Å². The number of aryl methyl sites for hydroxylation is 1. The topological polar surface area (TPSA) is 77.4 Å². The Labute approximate surface area is 136 Å². The normalized spacial score (nSPS) is 11.3. The Bertz CT molecular complexity index is 866. The fourth-order valence-electron chi connectivity index (χ4n) is 2.31. The Morgan fingerprint density at radius 2 is 1.87 bits per heavy atom. The molecule has 0 amide bonds. The highest BCUT2D eigenvalue weighted by molar-refractivity contribution is 7.92. The van der Waals surface area contributed by atoms with Crippen LogP contribution < -0.4 is 4.72 Å². The van der Waals surface area contributed by atoms with Crippen LogP contribution in [0.25, 0.3) is 0 Å². The first kappa shape index (κ1) is 17.1.